The van der Waals surface area contributed by atoms with E-state index in [1.807, 2.05) is 19.1 Å². The fraction of sp³-hybridized carbons (Fsp3) is 0.400. The van der Waals surface area contributed by atoms with Gasteiger partial charge in [0.1, 0.15) is 0 Å². The molecule has 3 nitrogen and oxygen atoms in total. The normalized spacial score (nSPS) is 20.1. The molecule has 0 spiro atoms. The van der Waals surface area contributed by atoms with E-state index in [4.69, 9.17) is 0 Å². The molecule has 1 aromatic heterocycles. The number of carbonyl (C=O) groups excluding carboxylic acids is 2. The Morgan fingerprint density at radius 1 is 1.33 bits per heavy atom. The molecule has 2 heterocycles. The van der Waals surface area contributed by atoms with Crippen molar-refractivity contribution in [3.8, 4) is 0 Å². The van der Waals surface area contributed by atoms with Crippen molar-refractivity contribution in [3.05, 3.63) is 20.8 Å². The largest absolute Gasteiger partial charge is 0.393 e. The maximum Gasteiger partial charge on any atom is 0.314 e. The molecule has 2 rings (SSSR count). The molecule has 5 heteroatoms. The van der Waals surface area contributed by atoms with Crippen LogP contribution in [-0.4, -0.2) is 11.9 Å². The van der Waals surface area contributed by atoms with Crippen LogP contribution in [0.2, 0.25) is 0 Å². The zero-order valence-electron chi connectivity index (χ0n) is 8.08. The van der Waals surface area contributed by atoms with Crippen molar-refractivity contribution in [2.75, 3.05) is 0 Å². The number of cyclic esters (lactones) is 2. The minimum Gasteiger partial charge on any atom is -0.393 e. The van der Waals surface area contributed by atoms with Crippen molar-refractivity contribution in [2.45, 2.75) is 25.2 Å². The Morgan fingerprint density at radius 3 is 2.40 bits per heavy atom. The van der Waals surface area contributed by atoms with Crippen molar-refractivity contribution in [1.29, 1.82) is 0 Å². The zero-order chi connectivity index (χ0) is 11.1. The molecule has 80 valence electrons. The first kappa shape index (κ1) is 10.8. The number of thiophene rings is 1. The Kier molecular flexibility index (Phi) is 2.68. The van der Waals surface area contributed by atoms with Crippen LogP contribution in [-0.2, 0) is 19.7 Å². The minimum atomic E-state index is -0.432. The summed E-state index contributed by atoms with van der Waals surface area (Å²) in [6.45, 7) is 1.92. The van der Waals surface area contributed by atoms with E-state index < -0.39 is 17.4 Å². The van der Waals surface area contributed by atoms with E-state index in [0.29, 0.717) is 0 Å². The second kappa shape index (κ2) is 3.72. The molecule has 1 saturated heterocycles. The number of hydrogen-bond donors (Lipinski definition) is 0. The Morgan fingerprint density at radius 2 is 1.93 bits per heavy atom. The van der Waals surface area contributed by atoms with Gasteiger partial charge in [0.05, 0.1) is 16.6 Å². The molecule has 0 aliphatic carbocycles. The van der Waals surface area contributed by atoms with E-state index in [2.05, 4.69) is 20.7 Å². The van der Waals surface area contributed by atoms with Crippen molar-refractivity contribution >= 4 is 39.2 Å². The summed E-state index contributed by atoms with van der Waals surface area (Å²) >= 11 is 4.92. The Labute approximate surface area is 99.6 Å². The molecule has 0 bridgehead atoms. The molecule has 1 fully saturated rings. The number of halogens is 1. The molecule has 1 aliphatic rings. The fourth-order valence-electron chi connectivity index (χ4n) is 1.71. The molecular weight excluding hydrogens is 280 g/mol. The van der Waals surface area contributed by atoms with Gasteiger partial charge in [-0.2, -0.15) is 0 Å². The minimum absolute atomic E-state index is 0.270. The van der Waals surface area contributed by atoms with Crippen molar-refractivity contribution in [1.82, 2.24) is 0 Å². The molecule has 0 saturated carbocycles. The van der Waals surface area contributed by atoms with E-state index >= 15 is 0 Å². The number of carbonyl (C=O) groups is 2. The molecule has 0 unspecified atom stereocenters. The average molecular weight is 289 g/mol. The summed E-state index contributed by atoms with van der Waals surface area (Å²) in [5, 5.41) is 0. The third-order valence-corrected chi connectivity index (χ3v) is 4.39. The number of hydrogen-bond acceptors (Lipinski definition) is 4. The summed E-state index contributed by atoms with van der Waals surface area (Å²) < 4.78 is 5.53. The second-order valence-electron chi connectivity index (χ2n) is 3.86. The fourth-order valence-corrected chi connectivity index (χ4v) is 3.24. The quantitative estimate of drug-likeness (QED) is 0.589. The second-order valence-corrected chi connectivity index (χ2v) is 6.33. The topological polar surface area (TPSA) is 43.4 Å². The van der Waals surface area contributed by atoms with Crippen molar-refractivity contribution < 1.29 is 14.3 Å². The lowest BCUT2D eigenvalue weighted by Crippen LogP contribution is -2.36. The monoisotopic (exact) mass is 288 g/mol. The lowest BCUT2D eigenvalue weighted by molar-refractivity contribution is -0.166. The van der Waals surface area contributed by atoms with Crippen LogP contribution < -0.4 is 0 Å². The lowest BCUT2D eigenvalue weighted by atomic mass is 9.80. The van der Waals surface area contributed by atoms with E-state index in [0.717, 1.165) is 8.66 Å². The summed E-state index contributed by atoms with van der Waals surface area (Å²) in [6, 6.07) is 3.87. The van der Waals surface area contributed by atoms with Gasteiger partial charge < -0.3 is 4.74 Å². The SMILES string of the molecule is CC1(c2ccc(Br)s2)CC(=O)OC(=O)C1. The number of ether oxygens (including phenoxy) is 1. The smallest absolute Gasteiger partial charge is 0.314 e. The van der Waals surface area contributed by atoms with Gasteiger partial charge in [0, 0.05) is 10.3 Å². The van der Waals surface area contributed by atoms with Crippen molar-refractivity contribution in [2.24, 2.45) is 0 Å². The first-order valence-electron chi connectivity index (χ1n) is 4.49. The highest BCUT2D eigenvalue weighted by atomic mass is 79.9. The average Bonchev–Trinajstić information content (AvgIpc) is 2.49. The maximum atomic E-state index is 11.2. The maximum absolute atomic E-state index is 11.2. The van der Waals surface area contributed by atoms with E-state index in [9.17, 15) is 9.59 Å². The van der Waals surface area contributed by atoms with Crippen LogP contribution in [0.15, 0.2) is 15.9 Å². The summed E-state index contributed by atoms with van der Waals surface area (Å²) in [6.07, 6.45) is 0.539. The molecule has 0 N–H and O–H groups in total. The van der Waals surface area contributed by atoms with Gasteiger partial charge in [-0.25, -0.2) is 0 Å². The highest BCUT2D eigenvalue weighted by Gasteiger charge is 2.39. The molecule has 1 aromatic rings. The predicted molar refractivity (Wildman–Crippen MR) is 59.7 cm³/mol. The molecule has 1 aliphatic heterocycles. The van der Waals surface area contributed by atoms with E-state index in [1.165, 1.54) is 0 Å². The third kappa shape index (κ3) is 2.13. The van der Waals surface area contributed by atoms with Crippen LogP contribution in [0.4, 0.5) is 0 Å². The van der Waals surface area contributed by atoms with Gasteiger partial charge in [-0.05, 0) is 28.1 Å². The van der Waals surface area contributed by atoms with Gasteiger partial charge in [-0.15, -0.1) is 11.3 Å². The van der Waals surface area contributed by atoms with Crippen LogP contribution in [0.1, 0.15) is 24.6 Å². The first-order valence-corrected chi connectivity index (χ1v) is 6.10. The Bertz CT molecular complexity index is 408. The molecule has 0 radical (unpaired) electrons. The van der Waals surface area contributed by atoms with Crippen LogP contribution >= 0.6 is 27.3 Å². The molecule has 15 heavy (non-hydrogen) atoms. The van der Waals surface area contributed by atoms with Gasteiger partial charge in [0.2, 0.25) is 0 Å². The number of rotatable bonds is 1. The van der Waals surface area contributed by atoms with Gasteiger partial charge in [0.15, 0.2) is 0 Å². The van der Waals surface area contributed by atoms with Crippen LogP contribution in [0.5, 0.6) is 0 Å². The lowest BCUT2D eigenvalue weighted by Gasteiger charge is -2.29. The molecular formula is C10H9BrO3S. The van der Waals surface area contributed by atoms with Crippen LogP contribution in [0, 0.1) is 0 Å². The Hall–Kier alpha value is -0.680. The predicted octanol–water partition coefficient (Wildman–Crippen LogP) is 2.63. The Balaban J connectivity index is 2.33. The highest BCUT2D eigenvalue weighted by molar-refractivity contribution is 9.11. The van der Waals surface area contributed by atoms with Gasteiger partial charge in [-0.1, -0.05) is 6.92 Å². The van der Waals surface area contributed by atoms with Crippen LogP contribution in [0.3, 0.4) is 0 Å². The standard InChI is InChI=1S/C10H9BrO3S/c1-10(6-2-3-7(11)15-6)4-8(12)14-9(13)5-10/h2-3H,4-5H2,1H3. The summed E-state index contributed by atoms with van der Waals surface area (Å²) in [4.78, 5) is 23.5. The molecule has 0 atom stereocenters. The van der Waals surface area contributed by atoms with Gasteiger partial charge in [-0.3, -0.25) is 9.59 Å². The first-order chi connectivity index (χ1) is 6.99. The third-order valence-electron chi connectivity index (χ3n) is 2.46. The van der Waals surface area contributed by atoms with Crippen LogP contribution in [0.25, 0.3) is 0 Å². The number of esters is 2. The highest BCUT2D eigenvalue weighted by Crippen LogP contribution is 2.40. The van der Waals surface area contributed by atoms with Gasteiger partial charge in [0.25, 0.3) is 0 Å². The summed E-state index contributed by atoms with van der Waals surface area (Å²) in [5.41, 5.74) is -0.400. The van der Waals surface area contributed by atoms with E-state index in [-0.39, 0.29) is 12.8 Å². The van der Waals surface area contributed by atoms with Crippen molar-refractivity contribution in [3.63, 3.8) is 0 Å². The molecule has 0 amide bonds. The summed E-state index contributed by atoms with van der Waals surface area (Å²) in [5.74, 6) is -0.864. The summed E-state index contributed by atoms with van der Waals surface area (Å²) in [7, 11) is 0. The molecule has 0 aromatic carbocycles. The zero-order valence-corrected chi connectivity index (χ0v) is 10.5. The van der Waals surface area contributed by atoms with Gasteiger partial charge >= 0.3 is 11.9 Å². The van der Waals surface area contributed by atoms with E-state index in [1.54, 1.807) is 11.3 Å².